The van der Waals surface area contributed by atoms with Crippen LogP contribution in [-0.2, 0) is 61.9 Å². The molecule has 0 amide bonds. The normalized spacial score (nSPS) is 27.7. The molecule has 13 nitrogen and oxygen atoms in total. The fourth-order valence-electron chi connectivity index (χ4n) is 2.42. The maximum Gasteiger partial charge on any atom is 0.305 e. The minimum Gasteiger partial charge on any atom is -0.457 e. The molecule has 0 saturated carbocycles. The molecule has 1 saturated heterocycles. The van der Waals surface area contributed by atoms with Crippen molar-refractivity contribution in [3.05, 3.63) is 0 Å². The van der Waals surface area contributed by atoms with E-state index in [1.54, 1.807) is 0 Å². The van der Waals surface area contributed by atoms with Crippen LogP contribution in [0.15, 0.2) is 0 Å². The molecule has 0 spiro atoms. The second-order valence-electron chi connectivity index (χ2n) is 6.05. The maximum atomic E-state index is 11.7. The van der Waals surface area contributed by atoms with Gasteiger partial charge in [-0.05, 0) is 0 Å². The molecule has 15 heteroatoms. The Morgan fingerprint density at radius 2 is 1.24 bits per heavy atom. The average molecular weight is 462 g/mol. The van der Waals surface area contributed by atoms with Crippen molar-refractivity contribution in [3.8, 4) is 0 Å². The molecule has 0 aromatic rings. The highest BCUT2D eigenvalue weighted by Gasteiger charge is 2.53. The zero-order valence-electron chi connectivity index (χ0n) is 16.2. The number of esters is 3. The number of rotatable bonds is 8. The zero-order valence-corrected chi connectivity index (χ0v) is 17.9. The molecule has 1 rings (SSSR count). The highest BCUT2D eigenvalue weighted by molar-refractivity contribution is 7.86. The van der Waals surface area contributed by atoms with E-state index in [0.29, 0.717) is 6.26 Å². The summed E-state index contributed by atoms with van der Waals surface area (Å²) in [6.07, 6.45) is -6.73. The van der Waals surface area contributed by atoms with Gasteiger partial charge in [-0.15, -0.1) is 0 Å². The third-order valence-corrected chi connectivity index (χ3v) is 4.35. The Morgan fingerprint density at radius 1 is 0.759 bits per heavy atom. The van der Waals surface area contributed by atoms with Crippen LogP contribution in [0.1, 0.15) is 20.8 Å². The number of hydrogen-bond acceptors (Lipinski definition) is 13. The average Bonchev–Trinajstić information content (AvgIpc) is 2.48. The van der Waals surface area contributed by atoms with Crippen molar-refractivity contribution in [2.45, 2.75) is 51.5 Å². The van der Waals surface area contributed by atoms with Crippen molar-refractivity contribution >= 4 is 38.1 Å². The van der Waals surface area contributed by atoms with Gasteiger partial charge in [0.15, 0.2) is 18.3 Å². The van der Waals surface area contributed by atoms with Gasteiger partial charge in [0.1, 0.15) is 6.10 Å². The lowest BCUT2D eigenvalue weighted by Crippen LogP contribution is -2.63. The van der Waals surface area contributed by atoms with Crippen molar-refractivity contribution in [3.63, 3.8) is 0 Å². The molecular weight excluding hydrogens is 440 g/mol. The summed E-state index contributed by atoms with van der Waals surface area (Å²) in [6, 6.07) is 0. The molecular formula is C14H22O13S2. The van der Waals surface area contributed by atoms with E-state index in [9.17, 15) is 31.2 Å². The first-order chi connectivity index (χ1) is 13.1. The summed E-state index contributed by atoms with van der Waals surface area (Å²) in [5, 5.41) is 0. The summed E-state index contributed by atoms with van der Waals surface area (Å²) in [5.74, 6) is -2.71. The first-order valence-corrected chi connectivity index (χ1v) is 11.6. The lowest BCUT2D eigenvalue weighted by atomic mass is 9.98. The molecule has 5 atom stereocenters. The fraction of sp³-hybridized carbons (Fsp3) is 0.786. The van der Waals surface area contributed by atoms with Crippen LogP contribution in [0.4, 0.5) is 0 Å². The van der Waals surface area contributed by atoms with Crippen LogP contribution in [0.3, 0.4) is 0 Å². The van der Waals surface area contributed by atoms with Gasteiger partial charge in [-0.25, -0.2) is 0 Å². The molecule has 0 aromatic carbocycles. The number of ether oxygens (including phenoxy) is 4. The Kier molecular flexibility index (Phi) is 8.52. The van der Waals surface area contributed by atoms with Gasteiger partial charge in [0.25, 0.3) is 20.2 Å². The molecule has 1 aliphatic heterocycles. The molecule has 0 aliphatic carbocycles. The SMILES string of the molecule is CC(=O)O[C@H]1O[C@H](COS(C)(=O)=O)[C@@H](OC(C)=O)[C@@H](OS(C)(=O)=O)[C@H]1OC(C)=O. The van der Waals surface area contributed by atoms with E-state index in [4.69, 9.17) is 23.1 Å². The van der Waals surface area contributed by atoms with Crippen LogP contribution in [0, 0.1) is 0 Å². The smallest absolute Gasteiger partial charge is 0.305 e. The Bertz CT molecular complexity index is 832. The van der Waals surface area contributed by atoms with Crippen LogP contribution in [-0.4, -0.2) is 84.6 Å². The predicted molar refractivity (Wildman–Crippen MR) is 92.0 cm³/mol. The van der Waals surface area contributed by atoms with Gasteiger partial charge in [0.05, 0.1) is 19.1 Å². The van der Waals surface area contributed by atoms with E-state index in [2.05, 4.69) is 4.18 Å². The van der Waals surface area contributed by atoms with Gasteiger partial charge in [-0.3, -0.25) is 22.7 Å². The second kappa shape index (κ2) is 9.80. The van der Waals surface area contributed by atoms with Crippen LogP contribution < -0.4 is 0 Å². The lowest BCUT2D eigenvalue weighted by Gasteiger charge is -2.43. The molecule has 0 unspecified atom stereocenters. The summed E-state index contributed by atoms with van der Waals surface area (Å²) in [7, 11) is -8.19. The van der Waals surface area contributed by atoms with E-state index in [1.165, 1.54) is 0 Å². The summed E-state index contributed by atoms with van der Waals surface area (Å²) in [4.78, 5) is 34.4. The third-order valence-electron chi connectivity index (χ3n) is 3.21. The molecule has 1 aliphatic rings. The molecule has 0 N–H and O–H groups in total. The van der Waals surface area contributed by atoms with Gasteiger partial charge in [0, 0.05) is 20.8 Å². The van der Waals surface area contributed by atoms with Crippen molar-refractivity contribution in [2.75, 3.05) is 19.1 Å². The monoisotopic (exact) mass is 462 g/mol. The summed E-state index contributed by atoms with van der Waals surface area (Å²) in [6.45, 7) is 2.23. The minimum absolute atomic E-state index is 0.682. The van der Waals surface area contributed by atoms with Crippen LogP contribution in [0.25, 0.3) is 0 Å². The van der Waals surface area contributed by atoms with E-state index < -0.39 is 75.5 Å². The molecule has 0 aromatic heterocycles. The maximum absolute atomic E-state index is 11.7. The molecule has 0 radical (unpaired) electrons. The van der Waals surface area contributed by atoms with Crippen LogP contribution in [0.5, 0.6) is 0 Å². The highest BCUT2D eigenvalue weighted by Crippen LogP contribution is 2.30. The van der Waals surface area contributed by atoms with Crippen LogP contribution in [0.2, 0.25) is 0 Å². The second-order valence-corrected chi connectivity index (χ2v) is 9.30. The fourth-order valence-corrected chi connectivity index (χ4v) is 3.43. The standard InChI is InChI=1S/C14H22O13S2/c1-7(15)23-11-10(6-22-28(4,18)19)26-14(25-9(3)17)13(24-8(2)16)12(11)27-29(5,20)21/h10-14H,6H2,1-5H3/t10-,11-,12-,13-,14+/m1/s1. The predicted octanol–water partition coefficient (Wildman–Crippen LogP) is -1.54. The molecule has 168 valence electrons. The molecule has 29 heavy (non-hydrogen) atoms. The number of hydrogen-bond donors (Lipinski definition) is 0. The molecule has 0 bridgehead atoms. The molecule has 1 fully saturated rings. The summed E-state index contributed by atoms with van der Waals surface area (Å²) < 4.78 is 76.0. The Labute approximate surface area is 167 Å². The largest absolute Gasteiger partial charge is 0.457 e. The van der Waals surface area contributed by atoms with Gasteiger partial charge < -0.3 is 18.9 Å². The van der Waals surface area contributed by atoms with E-state index in [1.807, 2.05) is 0 Å². The van der Waals surface area contributed by atoms with E-state index in [0.717, 1.165) is 27.0 Å². The Morgan fingerprint density at radius 3 is 1.66 bits per heavy atom. The van der Waals surface area contributed by atoms with Crippen molar-refractivity contribution in [1.82, 2.24) is 0 Å². The van der Waals surface area contributed by atoms with Gasteiger partial charge >= 0.3 is 17.9 Å². The lowest BCUT2D eigenvalue weighted by molar-refractivity contribution is -0.292. The molecule has 1 heterocycles. The third kappa shape index (κ3) is 9.03. The van der Waals surface area contributed by atoms with Crippen LogP contribution >= 0.6 is 0 Å². The van der Waals surface area contributed by atoms with Crippen molar-refractivity contribution in [2.24, 2.45) is 0 Å². The number of carbonyl (C=O) groups is 3. The first kappa shape index (κ1) is 25.2. The van der Waals surface area contributed by atoms with E-state index >= 15 is 0 Å². The van der Waals surface area contributed by atoms with Gasteiger partial charge in [-0.2, -0.15) is 16.8 Å². The van der Waals surface area contributed by atoms with Crippen molar-refractivity contribution in [1.29, 1.82) is 0 Å². The van der Waals surface area contributed by atoms with Gasteiger partial charge in [0.2, 0.25) is 6.29 Å². The minimum atomic E-state index is -4.22. The Hall–Kier alpha value is -1.81. The summed E-state index contributed by atoms with van der Waals surface area (Å²) in [5.41, 5.74) is 0. The zero-order chi connectivity index (χ0) is 22.6. The quantitative estimate of drug-likeness (QED) is 0.231. The summed E-state index contributed by atoms with van der Waals surface area (Å²) >= 11 is 0. The highest BCUT2D eigenvalue weighted by atomic mass is 32.2. The van der Waals surface area contributed by atoms with Gasteiger partial charge in [-0.1, -0.05) is 0 Å². The Balaban J connectivity index is 3.42. The number of carbonyl (C=O) groups excluding carboxylic acids is 3. The van der Waals surface area contributed by atoms with E-state index in [-0.39, 0.29) is 0 Å². The van der Waals surface area contributed by atoms with Crippen molar-refractivity contribution < 1.29 is 58.5 Å². The first-order valence-electron chi connectivity index (χ1n) is 7.99. The topological polar surface area (TPSA) is 175 Å².